The molecule has 0 atom stereocenters. The van der Waals surface area contributed by atoms with Gasteiger partial charge >= 0.3 is 5.63 Å². The summed E-state index contributed by atoms with van der Waals surface area (Å²) in [5.41, 5.74) is 0.334. The Kier molecular flexibility index (Phi) is 4.55. The molecule has 2 aromatic rings. The van der Waals surface area contributed by atoms with Crippen LogP contribution in [0.25, 0.3) is 6.08 Å². The van der Waals surface area contributed by atoms with Crippen LogP contribution in [0.2, 0.25) is 0 Å². The lowest BCUT2D eigenvalue weighted by Gasteiger charge is -2.36. The molecule has 0 bridgehead atoms. The predicted octanol–water partition coefficient (Wildman–Crippen LogP) is 2.01. The van der Waals surface area contributed by atoms with E-state index in [4.69, 9.17) is 9.15 Å². The van der Waals surface area contributed by atoms with Crippen LogP contribution in [0.3, 0.4) is 0 Å². The van der Waals surface area contributed by atoms with Crippen LogP contribution < -0.4 is 10.4 Å². The van der Waals surface area contributed by atoms with E-state index < -0.39 is 15.6 Å². The van der Waals surface area contributed by atoms with Crippen molar-refractivity contribution in [2.45, 2.75) is 13.0 Å². The molecule has 24 heavy (non-hydrogen) atoms. The Balaban J connectivity index is 1.59. The molecule has 1 aliphatic rings. The maximum Gasteiger partial charge on any atom is 0.339 e. The highest BCUT2D eigenvalue weighted by molar-refractivity contribution is 7.92. The SMILES string of the molecule is Cc1cc(OC2CN(S(=O)(=O)/C=C/c3ccccc3)C2)cc(=O)o1. The molecular weight excluding hydrogens is 330 g/mol. The molecule has 0 unspecified atom stereocenters. The number of nitrogens with zero attached hydrogens (tertiary/aromatic N) is 1. The molecule has 2 heterocycles. The first-order chi connectivity index (χ1) is 11.4. The number of sulfonamides is 1. The van der Waals surface area contributed by atoms with E-state index in [-0.39, 0.29) is 19.2 Å². The molecule has 0 aliphatic carbocycles. The first-order valence-electron chi connectivity index (χ1n) is 7.44. The third-order valence-corrected chi connectivity index (χ3v) is 5.07. The van der Waals surface area contributed by atoms with Gasteiger partial charge in [-0.15, -0.1) is 0 Å². The average molecular weight is 347 g/mol. The lowest BCUT2D eigenvalue weighted by molar-refractivity contribution is 0.0763. The van der Waals surface area contributed by atoms with E-state index >= 15 is 0 Å². The van der Waals surface area contributed by atoms with Crippen LogP contribution in [-0.2, 0) is 10.0 Å². The molecule has 6 nitrogen and oxygen atoms in total. The minimum absolute atomic E-state index is 0.251. The monoisotopic (exact) mass is 347 g/mol. The minimum Gasteiger partial charge on any atom is -0.487 e. The summed E-state index contributed by atoms with van der Waals surface area (Å²) in [4.78, 5) is 11.3. The van der Waals surface area contributed by atoms with Crippen molar-refractivity contribution in [3.05, 3.63) is 69.6 Å². The van der Waals surface area contributed by atoms with Crippen LogP contribution in [0.1, 0.15) is 11.3 Å². The van der Waals surface area contributed by atoms with E-state index in [9.17, 15) is 13.2 Å². The van der Waals surface area contributed by atoms with Gasteiger partial charge in [0.25, 0.3) is 0 Å². The molecule has 0 amide bonds. The fourth-order valence-electron chi connectivity index (χ4n) is 2.33. The van der Waals surface area contributed by atoms with Gasteiger partial charge in [0.15, 0.2) is 0 Å². The fraction of sp³-hybridized carbons (Fsp3) is 0.235. The Hall–Kier alpha value is -2.38. The second kappa shape index (κ2) is 6.62. The Morgan fingerprint density at radius 1 is 1.21 bits per heavy atom. The number of hydrogen-bond acceptors (Lipinski definition) is 5. The first-order valence-corrected chi connectivity index (χ1v) is 8.94. The number of aryl methyl sites for hydroxylation is 1. The smallest absolute Gasteiger partial charge is 0.339 e. The maximum atomic E-state index is 12.2. The first kappa shape index (κ1) is 16.5. The second-order valence-corrected chi connectivity index (χ2v) is 7.36. The standard InChI is InChI=1S/C17H17NO5S/c1-13-9-15(10-17(19)22-13)23-16-11-18(12-16)24(20,21)8-7-14-5-3-2-4-6-14/h2-10,16H,11-12H2,1H3/b8-7+. The third kappa shape index (κ3) is 3.93. The van der Waals surface area contributed by atoms with Gasteiger partial charge in [-0.2, -0.15) is 4.31 Å². The van der Waals surface area contributed by atoms with Gasteiger partial charge in [-0.1, -0.05) is 30.3 Å². The molecule has 0 N–H and O–H groups in total. The van der Waals surface area contributed by atoms with Crippen molar-refractivity contribution in [2.75, 3.05) is 13.1 Å². The lowest BCUT2D eigenvalue weighted by Crippen LogP contribution is -2.55. The van der Waals surface area contributed by atoms with Crippen LogP contribution in [0.15, 0.2) is 57.1 Å². The molecule has 1 aromatic heterocycles. The quantitative estimate of drug-likeness (QED) is 0.827. The highest BCUT2D eigenvalue weighted by Crippen LogP contribution is 2.21. The number of ether oxygens (including phenoxy) is 1. The van der Waals surface area contributed by atoms with Crippen molar-refractivity contribution in [1.29, 1.82) is 0 Å². The van der Waals surface area contributed by atoms with E-state index in [0.29, 0.717) is 11.5 Å². The largest absolute Gasteiger partial charge is 0.487 e. The lowest BCUT2D eigenvalue weighted by atomic mass is 10.2. The summed E-state index contributed by atoms with van der Waals surface area (Å²) >= 11 is 0. The van der Waals surface area contributed by atoms with Gasteiger partial charge in [0.2, 0.25) is 10.0 Å². The van der Waals surface area contributed by atoms with Crippen LogP contribution in [0.5, 0.6) is 5.75 Å². The average Bonchev–Trinajstić information content (AvgIpc) is 2.48. The summed E-state index contributed by atoms with van der Waals surface area (Å²) in [6.45, 7) is 2.15. The van der Waals surface area contributed by atoms with Crippen LogP contribution in [-0.4, -0.2) is 31.9 Å². The van der Waals surface area contributed by atoms with Crippen molar-refractivity contribution >= 4 is 16.1 Å². The summed E-state index contributed by atoms with van der Waals surface area (Å²) < 4.78 is 36.2. The number of rotatable bonds is 5. The fourth-order valence-corrected chi connectivity index (χ4v) is 3.58. The minimum atomic E-state index is -3.47. The zero-order valence-corrected chi connectivity index (χ0v) is 13.9. The molecule has 1 aromatic carbocycles. The van der Waals surface area contributed by atoms with Crippen molar-refractivity contribution < 1.29 is 17.6 Å². The Bertz CT molecular complexity index is 896. The number of hydrogen-bond donors (Lipinski definition) is 0. The molecule has 1 aliphatic heterocycles. The Morgan fingerprint density at radius 3 is 2.58 bits per heavy atom. The topological polar surface area (TPSA) is 76.8 Å². The van der Waals surface area contributed by atoms with Gasteiger partial charge < -0.3 is 9.15 Å². The van der Waals surface area contributed by atoms with Gasteiger partial charge in [-0.3, -0.25) is 0 Å². The van der Waals surface area contributed by atoms with Crippen molar-refractivity contribution in [1.82, 2.24) is 4.31 Å². The van der Waals surface area contributed by atoms with Crippen LogP contribution >= 0.6 is 0 Å². The molecule has 126 valence electrons. The van der Waals surface area contributed by atoms with Crippen LogP contribution in [0, 0.1) is 6.92 Å². The Morgan fingerprint density at radius 2 is 1.92 bits per heavy atom. The molecule has 0 spiro atoms. The van der Waals surface area contributed by atoms with Gasteiger partial charge in [0.1, 0.15) is 17.6 Å². The molecule has 1 fully saturated rings. The molecule has 3 rings (SSSR count). The van der Waals surface area contributed by atoms with Gasteiger partial charge in [0, 0.05) is 11.5 Å². The van der Waals surface area contributed by atoms with Crippen LogP contribution in [0.4, 0.5) is 0 Å². The van der Waals surface area contributed by atoms with E-state index in [1.54, 1.807) is 19.1 Å². The van der Waals surface area contributed by atoms with Crippen molar-refractivity contribution in [3.63, 3.8) is 0 Å². The summed E-state index contributed by atoms with van der Waals surface area (Å²) in [5.74, 6) is 0.845. The molecule has 0 radical (unpaired) electrons. The summed E-state index contributed by atoms with van der Waals surface area (Å²) in [7, 11) is -3.47. The molecule has 7 heteroatoms. The van der Waals surface area contributed by atoms with Crippen molar-refractivity contribution in [2.24, 2.45) is 0 Å². The maximum absolute atomic E-state index is 12.2. The van der Waals surface area contributed by atoms with E-state index in [1.807, 2.05) is 30.3 Å². The van der Waals surface area contributed by atoms with E-state index in [0.717, 1.165) is 5.56 Å². The van der Waals surface area contributed by atoms with Gasteiger partial charge in [0.05, 0.1) is 19.2 Å². The van der Waals surface area contributed by atoms with E-state index in [2.05, 4.69) is 0 Å². The van der Waals surface area contributed by atoms with Gasteiger partial charge in [-0.25, -0.2) is 13.2 Å². The zero-order chi connectivity index (χ0) is 17.2. The molecule has 1 saturated heterocycles. The molecule has 0 saturated carbocycles. The summed E-state index contributed by atoms with van der Waals surface area (Å²) in [6, 6.07) is 12.1. The highest BCUT2D eigenvalue weighted by Gasteiger charge is 2.36. The van der Waals surface area contributed by atoms with E-state index in [1.165, 1.54) is 15.8 Å². The summed E-state index contributed by atoms with van der Waals surface area (Å²) in [6.07, 6.45) is 1.29. The van der Waals surface area contributed by atoms with Crippen molar-refractivity contribution in [3.8, 4) is 5.75 Å². The second-order valence-electron chi connectivity index (χ2n) is 5.54. The third-order valence-electron chi connectivity index (χ3n) is 3.58. The predicted molar refractivity (Wildman–Crippen MR) is 90.1 cm³/mol. The highest BCUT2D eigenvalue weighted by atomic mass is 32.2. The Labute approximate surface area is 140 Å². The normalized spacial score (nSPS) is 16.2. The zero-order valence-electron chi connectivity index (χ0n) is 13.1. The molecular formula is C17H17NO5S. The summed E-state index contributed by atoms with van der Waals surface area (Å²) in [5, 5.41) is 1.19. The van der Waals surface area contributed by atoms with Gasteiger partial charge in [-0.05, 0) is 18.6 Å². The number of benzene rings is 1.